The molecule has 70 valence electrons. The molecule has 2 heterocycles. The summed E-state index contributed by atoms with van der Waals surface area (Å²) in [5.74, 6) is 0.204. The van der Waals surface area contributed by atoms with E-state index in [4.69, 9.17) is 0 Å². The van der Waals surface area contributed by atoms with Gasteiger partial charge in [0.1, 0.15) is 5.82 Å². The number of pyridine rings is 1. The number of fused-ring (bicyclic) bond motifs is 1. The van der Waals surface area contributed by atoms with E-state index in [1.165, 1.54) is 6.26 Å². The predicted molar refractivity (Wildman–Crippen MR) is 48.7 cm³/mol. The monoisotopic (exact) mass is 200 g/mol. The maximum absolute atomic E-state index is 13.2. The van der Waals surface area contributed by atoms with Crippen LogP contribution in [0.15, 0.2) is 11.1 Å². The van der Waals surface area contributed by atoms with Crippen LogP contribution in [0.4, 0.5) is 10.2 Å². The number of rotatable bonds is 1. The van der Waals surface area contributed by atoms with Crippen molar-refractivity contribution in [1.29, 1.82) is 0 Å². The van der Waals surface area contributed by atoms with Crippen LogP contribution < -0.4 is 5.32 Å². The minimum atomic E-state index is -1.28. The number of nitrogens with one attached hydrogen (secondary N) is 1. The summed E-state index contributed by atoms with van der Waals surface area (Å²) in [7, 11) is -1.28. The molecule has 0 saturated heterocycles. The molecule has 1 unspecified atom stereocenters. The third-order valence-corrected chi connectivity index (χ3v) is 3.06. The Morgan fingerprint density at radius 3 is 3.15 bits per heavy atom. The smallest absolute Gasteiger partial charge is 0.158 e. The van der Waals surface area contributed by atoms with Gasteiger partial charge in [-0.05, 0) is 6.42 Å². The van der Waals surface area contributed by atoms with Crippen molar-refractivity contribution in [3.63, 3.8) is 0 Å². The predicted octanol–water partition coefficient (Wildman–Crippen LogP) is 0.926. The zero-order valence-corrected chi connectivity index (χ0v) is 7.95. The fraction of sp³-hybridized carbons (Fsp3) is 0.375. The van der Waals surface area contributed by atoms with Gasteiger partial charge < -0.3 is 5.32 Å². The van der Waals surface area contributed by atoms with E-state index in [1.54, 1.807) is 0 Å². The molecular formula is C8H9FN2OS. The first-order valence-electron chi connectivity index (χ1n) is 3.95. The van der Waals surface area contributed by atoms with Crippen molar-refractivity contribution in [3.8, 4) is 0 Å². The van der Waals surface area contributed by atoms with Crippen molar-refractivity contribution < 1.29 is 8.60 Å². The molecule has 13 heavy (non-hydrogen) atoms. The Kier molecular flexibility index (Phi) is 2.03. The van der Waals surface area contributed by atoms with E-state index in [0.29, 0.717) is 17.1 Å². The standard InChI is InChI=1S/C8H9FN2OS/c1-13(12)7-5-2-3-10-8(5)11-4-6(7)9/h4H,2-3H2,1H3,(H,10,11). The summed E-state index contributed by atoms with van der Waals surface area (Å²) >= 11 is 0. The van der Waals surface area contributed by atoms with Crippen LogP contribution in [-0.4, -0.2) is 22.0 Å². The molecule has 1 aliphatic rings. The first-order chi connectivity index (χ1) is 6.20. The van der Waals surface area contributed by atoms with Crippen LogP contribution in [-0.2, 0) is 17.2 Å². The summed E-state index contributed by atoms with van der Waals surface area (Å²) in [6.45, 7) is 0.746. The maximum atomic E-state index is 13.2. The Hall–Kier alpha value is -0.970. The van der Waals surface area contributed by atoms with Crippen molar-refractivity contribution in [2.45, 2.75) is 11.3 Å². The van der Waals surface area contributed by atoms with Gasteiger partial charge in [0.15, 0.2) is 5.82 Å². The van der Waals surface area contributed by atoms with E-state index in [2.05, 4.69) is 10.3 Å². The van der Waals surface area contributed by atoms with Crippen molar-refractivity contribution in [2.75, 3.05) is 18.1 Å². The lowest BCUT2D eigenvalue weighted by Crippen LogP contribution is -2.00. The summed E-state index contributed by atoms with van der Waals surface area (Å²) in [6.07, 6.45) is 3.31. The molecule has 0 aromatic carbocycles. The molecule has 0 saturated carbocycles. The normalized spacial score (nSPS) is 16.5. The number of nitrogens with zero attached hydrogens (tertiary/aromatic N) is 1. The van der Waals surface area contributed by atoms with Crippen molar-refractivity contribution >= 4 is 16.6 Å². The van der Waals surface area contributed by atoms with Crippen LogP contribution in [0.2, 0.25) is 0 Å². The Balaban J connectivity index is 2.65. The van der Waals surface area contributed by atoms with Gasteiger partial charge in [-0.15, -0.1) is 0 Å². The average molecular weight is 200 g/mol. The summed E-state index contributed by atoms with van der Waals surface area (Å²) in [5.41, 5.74) is 0.765. The van der Waals surface area contributed by atoms with Crippen LogP contribution >= 0.6 is 0 Å². The van der Waals surface area contributed by atoms with E-state index >= 15 is 0 Å². The third kappa shape index (κ3) is 1.33. The van der Waals surface area contributed by atoms with Gasteiger partial charge in [0.25, 0.3) is 0 Å². The van der Waals surface area contributed by atoms with E-state index in [-0.39, 0.29) is 0 Å². The molecule has 0 spiro atoms. The van der Waals surface area contributed by atoms with Crippen LogP contribution in [0.3, 0.4) is 0 Å². The number of aromatic nitrogens is 1. The van der Waals surface area contributed by atoms with E-state index in [9.17, 15) is 8.60 Å². The van der Waals surface area contributed by atoms with Crippen LogP contribution in [0.1, 0.15) is 5.56 Å². The van der Waals surface area contributed by atoms with E-state index in [0.717, 1.165) is 18.3 Å². The molecule has 5 heteroatoms. The summed E-state index contributed by atoms with van der Waals surface area (Å²) in [6, 6.07) is 0. The summed E-state index contributed by atoms with van der Waals surface area (Å²) in [5, 5.41) is 3.01. The second-order valence-electron chi connectivity index (χ2n) is 2.89. The van der Waals surface area contributed by atoms with Crippen molar-refractivity contribution in [2.24, 2.45) is 0 Å². The molecule has 1 atom stereocenters. The molecule has 0 radical (unpaired) electrons. The van der Waals surface area contributed by atoms with Gasteiger partial charge in [0, 0.05) is 18.4 Å². The zero-order chi connectivity index (χ0) is 9.42. The number of hydrogen-bond donors (Lipinski definition) is 1. The quantitative estimate of drug-likeness (QED) is 0.733. The highest BCUT2D eigenvalue weighted by Crippen LogP contribution is 2.27. The molecule has 1 aromatic heterocycles. The minimum absolute atomic E-state index is 0.301. The fourth-order valence-corrected chi connectivity index (χ4v) is 2.38. The van der Waals surface area contributed by atoms with Crippen LogP contribution in [0.25, 0.3) is 0 Å². The van der Waals surface area contributed by atoms with Crippen LogP contribution in [0.5, 0.6) is 0 Å². The minimum Gasteiger partial charge on any atom is -0.369 e. The van der Waals surface area contributed by atoms with Crippen molar-refractivity contribution in [1.82, 2.24) is 4.98 Å². The highest BCUT2D eigenvalue weighted by atomic mass is 32.2. The largest absolute Gasteiger partial charge is 0.369 e. The van der Waals surface area contributed by atoms with Gasteiger partial charge in [0.2, 0.25) is 0 Å². The van der Waals surface area contributed by atoms with Crippen molar-refractivity contribution in [3.05, 3.63) is 17.6 Å². The Labute approximate surface area is 77.8 Å². The molecule has 1 aromatic rings. The lowest BCUT2D eigenvalue weighted by Gasteiger charge is -2.04. The Bertz CT molecular complexity index is 381. The molecule has 0 bridgehead atoms. The SMILES string of the molecule is CS(=O)c1c(F)cnc2c1CCN2. The molecular weight excluding hydrogens is 191 g/mol. The second kappa shape index (κ2) is 3.06. The van der Waals surface area contributed by atoms with Gasteiger partial charge >= 0.3 is 0 Å². The molecule has 3 nitrogen and oxygen atoms in total. The molecule has 0 fully saturated rings. The van der Waals surface area contributed by atoms with Crippen LogP contribution in [0, 0.1) is 5.82 Å². The zero-order valence-electron chi connectivity index (χ0n) is 7.13. The lowest BCUT2D eigenvalue weighted by molar-refractivity contribution is 0.586. The first-order valence-corrected chi connectivity index (χ1v) is 5.50. The third-order valence-electron chi connectivity index (χ3n) is 2.04. The lowest BCUT2D eigenvalue weighted by atomic mass is 10.2. The topological polar surface area (TPSA) is 42.0 Å². The highest BCUT2D eigenvalue weighted by molar-refractivity contribution is 7.84. The van der Waals surface area contributed by atoms with E-state index in [1.807, 2.05) is 0 Å². The van der Waals surface area contributed by atoms with Gasteiger partial charge in [-0.2, -0.15) is 0 Å². The van der Waals surface area contributed by atoms with Gasteiger partial charge in [0.05, 0.1) is 21.9 Å². The Morgan fingerprint density at radius 1 is 1.69 bits per heavy atom. The Morgan fingerprint density at radius 2 is 2.46 bits per heavy atom. The highest BCUT2D eigenvalue weighted by Gasteiger charge is 2.21. The molecule has 0 amide bonds. The maximum Gasteiger partial charge on any atom is 0.158 e. The number of hydrogen-bond acceptors (Lipinski definition) is 3. The van der Waals surface area contributed by atoms with E-state index < -0.39 is 16.6 Å². The summed E-state index contributed by atoms with van der Waals surface area (Å²) in [4.78, 5) is 4.18. The first kappa shape index (κ1) is 8.62. The summed E-state index contributed by atoms with van der Waals surface area (Å²) < 4.78 is 24.5. The average Bonchev–Trinajstić information content (AvgIpc) is 2.50. The fourth-order valence-electron chi connectivity index (χ4n) is 1.51. The second-order valence-corrected chi connectivity index (χ2v) is 4.21. The number of anilines is 1. The molecule has 0 aliphatic carbocycles. The molecule has 1 aliphatic heterocycles. The molecule has 1 N–H and O–H groups in total. The number of halogens is 1. The van der Waals surface area contributed by atoms with Gasteiger partial charge in [-0.25, -0.2) is 9.37 Å². The van der Waals surface area contributed by atoms with Gasteiger partial charge in [-0.1, -0.05) is 0 Å². The molecule has 2 rings (SSSR count). The van der Waals surface area contributed by atoms with Gasteiger partial charge in [-0.3, -0.25) is 4.21 Å².